The molecule has 2 nitrogen and oxygen atoms in total. The van der Waals surface area contributed by atoms with Gasteiger partial charge in [-0.2, -0.15) is 0 Å². The maximum absolute atomic E-state index is 13.0. The van der Waals surface area contributed by atoms with Crippen LogP contribution in [0, 0.1) is 5.82 Å². The Kier molecular flexibility index (Phi) is 4.71. The second-order valence-corrected chi connectivity index (χ2v) is 5.56. The summed E-state index contributed by atoms with van der Waals surface area (Å²) in [5, 5.41) is 0. The highest BCUT2D eigenvalue weighted by Gasteiger charge is 2.09. The summed E-state index contributed by atoms with van der Waals surface area (Å²) >= 11 is 6.53. The lowest BCUT2D eigenvalue weighted by molar-refractivity contribution is 0.0920. The summed E-state index contributed by atoms with van der Waals surface area (Å²) in [6, 6.07) is 11.1. The Morgan fingerprint density at radius 1 is 1.11 bits per heavy atom. The van der Waals surface area contributed by atoms with Crippen molar-refractivity contribution in [1.82, 2.24) is 0 Å². The van der Waals surface area contributed by atoms with Crippen LogP contribution in [0.4, 0.5) is 4.39 Å². The molecule has 5 heteroatoms. The predicted octanol–water partition coefficient (Wildman–Crippen LogP) is 4.61. The van der Waals surface area contributed by atoms with Gasteiger partial charge in [-0.3, -0.25) is 4.79 Å². The van der Waals surface area contributed by atoms with Gasteiger partial charge in [-0.15, -0.1) is 0 Å². The van der Waals surface area contributed by atoms with Gasteiger partial charge >= 0.3 is 0 Å². The topological polar surface area (TPSA) is 26.3 Å². The summed E-state index contributed by atoms with van der Waals surface area (Å²) in [4.78, 5) is 11.9. The van der Waals surface area contributed by atoms with Crippen LogP contribution in [-0.2, 0) is 0 Å². The molecule has 98 valence electrons. The van der Waals surface area contributed by atoms with Crippen LogP contribution in [-0.4, -0.2) is 12.4 Å². The minimum atomic E-state index is -0.408. The number of hydrogen-bond acceptors (Lipinski definition) is 2. The van der Waals surface area contributed by atoms with Crippen molar-refractivity contribution in [2.75, 3.05) is 6.61 Å². The van der Waals surface area contributed by atoms with Gasteiger partial charge in [-0.1, -0.05) is 28.1 Å². The third-order valence-corrected chi connectivity index (χ3v) is 3.60. The highest BCUT2D eigenvalue weighted by atomic mass is 79.9. The van der Waals surface area contributed by atoms with Crippen molar-refractivity contribution in [2.24, 2.45) is 0 Å². The number of ketones is 1. The molecule has 2 aromatic rings. The fourth-order valence-corrected chi connectivity index (χ4v) is 2.08. The molecule has 0 aliphatic heterocycles. The van der Waals surface area contributed by atoms with Gasteiger partial charge in [0.15, 0.2) is 12.4 Å². The first-order valence-electron chi connectivity index (χ1n) is 5.43. The first-order valence-corrected chi connectivity index (χ1v) is 7.01. The van der Waals surface area contributed by atoms with E-state index in [-0.39, 0.29) is 12.4 Å². The van der Waals surface area contributed by atoms with Gasteiger partial charge < -0.3 is 4.74 Å². The Labute approximate surface area is 126 Å². The summed E-state index contributed by atoms with van der Waals surface area (Å²) in [6.07, 6.45) is 0. The number of hydrogen-bond donors (Lipinski definition) is 0. The van der Waals surface area contributed by atoms with Crippen molar-refractivity contribution in [3.63, 3.8) is 0 Å². The molecule has 2 rings (SSSR count). The second-order valence-electron chi connectivity index (χ2n) is 3.79. The Bertz CT molecular complexity index is 597. The second kappa shape index (κ2) is 6.30. The van der Waals surface area contributed by atoms with Gasteiger partial charge in [0.25, 0.3) is 0 Å². The van der Waals surface area contributed by atoms with Crippen molar-refractivity contribution >= 4 is 37.6 Å². The van der Waals surface area contributed by atoms with E-state index in [2.05, 4.69) is 31.9 Å². The Hall–Kier alpha value is -1.20. The molecule has 19 heavy (non-hydrogen) atoms. The highest BCUT2D eigenvalue weighted by molar-refractivity contribution is 9.10. The van der Waals surface area contributed by atoms with Crippen LogP contribution in [0.2, 0.25) is 0 Å². The summed E-state index contributed by atoms with van der Waals surface area (Å²) in [5.41, 5.74) is 0.552. The van der Waals surface area contributed by atoms with Gasteiger partial charge in [0.2, 0.25) is 0 Å². The Morgan fingerprint density at radius 2 is 1.79 bits per heavy atom. The molecule has 0 saturated heterocycles. The lowest BCUT2D eigenvalue weighted by Gasteiger charge is -2.07. The SMILES string of the molecule is O=C(COc1cc(F)ccc1Br)c1ccc(Br)cc1. The highest BCUT2D eigenvalue weighted by Crippen LogP contribution is 2.25. The van der Waals surface area contributed by atoms with E-state index in [0.29, 0.717) is 15.8 Å². The van der Waals surface area contributed by atoms with Crippen LogP contribution in [0.5, 0.6) is 5.75 Å². The minimum Gasteiger partial charge on any atom is -0.484 e. The smallest absolute Gasteiger partial charge is 0.200 e. The van der Waals surface area contributed by atoms with E-state index in [1.54, 1.807) is 24.3 Å². The lowest BCUT2D eigenvalue weighted by Crippen LogP contribution is -2.11. The largest absolute Gasteiger partial charge is 0.484 e. The normalized spacial score (nSPS) is 10.3. The molecule has 0 spiro atoms. The van der Waals surface area contributed by atoms with E-state index < -0.39 is 5.82 Å². The van der Waals surface area contributed by atoms with Crippen LogP contribution in [0.3, 0.4) is 0 Å². The van der Waals surface area contributed by atoms with E-state index in [9.17, 15) is 9.18 Å². The third kappa shape index (κ3) is 3.88. The predicted molar refractivity (Wildman–Crippen MR) is 78.1 cm³/mol. The Balaban J connectivity index is 2.04. The molecular weight excluding hydrogens is 379 g/mol. The molecule has 0 N–H and O–H groups in total. The molecular formula is C14H9Br2FO2. The van der Waals surface area contributed by atoms with Gasteiger partial charge in [-0.05, 0) is 40.2 Å². The van der Waals surface area contributed by atoms with E-state index >= 15 is 0 Å². The summed E-state index contributed by atoms with van der Waals surface area (Å²) < 4.78 is 19.9. The van der Waals surface area contributed by atoms with Crippen molar-refractivity contribution in [2.45, 2.75) is 0 Å². The fraction of sp³-hybridized carbons (Fsp3) is 0.0714. The average Bonchev–Trinajstić information content (AvgIpc) is 2.40. The first-order chi connectivity index (χ1) is 9.06. The zero-order chi connectivity index (χ0) is 13.8. The zero-order valence-electron chi connectivity index (χ0n) is 9.70. The van der Waals surface area contributed by atoms with Crippen molar-refractivity contribution in [3.8, 4) is 5.75 Å². The molecule has 0 aliphatic carbocycles. The van der Waals surface area contributed by atoms with Gasteiger partial charge in [0.05, 0.1) is 4.47 Å². The van der Waals surface area contributed by atoms with E-state index in [1.165, 1.54) is 18.2 Å². The lowest BCUT2D eigenvalue weighted by atomic mass is 10.1. The molecule has 0 amide bonds. The molecule has 0 aromatic heterocycles. The number of benzene rings is 2. The summed E-state index contributed by atoms with van der Waals surface area (Å²) in [6.45, 7) is -0.135. The molecule has 0 unspecified atom stereocenters. The molecule has 0 saturated carbocycles. The molecule has 0 heterocycles. The maximum atomic E-state index is 13.0. The fourth-order valence-electron chi connectivity index (χ4n) is 1.45. The van der Waals surface area contributed by atoms with Crippen LogP contribution >= 0.6 is 31.9 Å². The molecule has 0 bridgehead atoms. The Morgan fingerprint density at radius 3 is 2.47 bits per heavy atom. The monoisotopic (exact) mass is 386 g/mol. The molecule has 0 radical (unpaired) electrons. The van der Waals surface area contributed by atoms with Gasteiger partial charge in [0.1, 0.15) is 11.6 Å². The quantitative estimate of drug-likeness (QED) is 0.716. The van der Waals surface area contributed by atoms with E-state index in [0.717, 1.165) is 4.47 Å². The van der Waals surface area contributed by atoms with Crippen molar-refractivity contribution < 1.29 is 13.9 Å². The number of rotatable bonds is 4. The van der Waals surface area contributed by atoms with E-state index in [4.69, 9.17) is 4.74 Å². The third-order valence-electron chi connectivity index (χ3n) is 2.42. The first kappa shape index (κ1) is 14.2. The molecule has 0 atom stereocenters. The van der Waals surface area contributed by atoms with Crippen LogP contribution < -0.4 is 4.74 Å². The van der Waals surface area contributed by atoms with Crippen LogP contribution in [0.25, 0.3) is 0 Å². The molecule has 0 aliphatic rings. The summed E-state index contributed by atoms with van der Waals surface area (Å²) in [7, 11) is 0. The number of carbonyl (C=O) groups excluding carboxylic acids is 1. The number of ether oxygens (including phenoxy) is 1. The standard InChI is InChI=1S/C14H9Br2FO2/c15-10-3-1-9(2-4-10)13(18)8-19-14-7-11(17)5-6-12(14)16/h1-7H,8H2. The van der Waals surface area contributed by atoms with Crippen molar-refractivity contribution in [1.29, 1.82) is 0 Å². The number of halogens is 3. The minimum absolute atomic E-state index is 0.135. The molecule has 2 aromatic carbocycles. The van der Waals surface area contributed by atoms with Gasteiger partial charge in [0, 0.05) is 16.1 Å². The van der Waals surface area contributed by atoms with Gasteiger partial charge in [-0.25, -0.2) is 4.39 Å². The van der Waals surface area contributed by atoms with Crippen molar-refractivity contribution in [3.05, 3.63) is 62.8 Å². The van der Waals surface area contributed by atoms with Crippen LogP contribution in [0.15, 0.2) is 51.4 Å². The summed E-state index contributed by atoms with van der Waals surface area (Å²) in [5.74, 6) is -0.261. The number of carbonyl (C=O) groups is 1. The zero-order valence-corrected chi connectivity index (χ0v) is 12.9. The van der Waals surface area contributed by atoms with Crippen LogP contribution in [0.1, 0.15) is 10.4 Å². The number of Topliss-reactive ketones (excluding diaryl/α,β-unsaturated/α-hetero) is 1. The molecule has 0 fully saturated rings. The van der Waals surface area contributed by atoms with E-state index in [1.807, 2.05) is 0 Å². The maximum Gasteiger partial charge on any atom is 0.200 e. The average molecular weight is 388 g/mol.